The van der Waals surface area contributed by atoms with Gasteiger partial charge in [-0.2, -0.15) is 0 Å². The monoisotopic (exact) mass is 403 g/mol. The molecule has 2 aliphatic rings. The van der Waals surface area contributed by atoms with Crippen molar-refractivity contribution in [3.63, 3.8) is 0 Å². The van der Waals surface area contributed by atoms with Crippen LogP contribution in [0.4, 0.5) is 5.82 Å². The van der Waals surface area contributed by atoms with E-state index in [1.54, 1.807) is 6.20 Å². The molecule has 1 amide bonds. The van der Waals surface area contributed by atoms with Gasteiger partial charge in [0.1, 0.15) is 5.82 Å². The maximum Gasteiger partial charge on any atom is 0.252 e. The van der Waals surface area contributed by atoms with Crippen molar-refractivity contribution in [2.24, 2.45) is 0 Å². The second-order valence-corrected chi connectivity index (χ2v) is 6.65. The Labute approximate surface area is 168 Å². The van der Waals surface area contributed by atoms with Gasteiger partial charge in [0.15, 0.2) is 0 Å². The summed E-state index contributed by atoms with van der Waals surface area (Å²) in [5.74, 6) is 0.967. The van der Waals surface area contributed by atoms with Gasteiger partial charge in [0.2, 0.25) is 0 Å². The Balaban J connectivity index is 0.00000169. The standard InChI is InChI=1S/C18H29N5O.2ClH/c24-18(20-9-14-22-12-7-19-8-13-22)16-5-6-17(21-15-16)23-10-3-1-2-4-11-23;;/h5-6,15,19H,1-4,7-14H2,(H,20,24);2*1H. The van der Waals surface area contributed by atoms with E-state index in [1.165, 1.54) is 25.7 Å². The molecular weight excluding hydrogens is 373 g/mol. The van der Waals surface area contributed by atoms with E-state index >= 15 is 0 Å². The lowest BCUT2D eigenvalue weighted by molar-refractivity contribution is 0.0947. The summed E-state index contributed by atoms with van der Waals surface area (Å²) in [4.78, 5) is 21.4. The van der Waals surface area contributed by atoms with Gasteiger partial charge in [0.25, 0.3) is 5.91 Å². The van der Waals surface area contributed by atoms with Gasteiger partial charge < -0.3 is 15.5 Å². The predicted octanol–water partition coefficient (Wildman–Crippen LogP) is 1.94. The summed E-state index contributed by atoms with van der Waals surface area (Å²) >= 11 is 0. The Hall–Kier alpha value is -1.08. The minimum Gasteiger partial charge on any atom is -0.357 e. The van der Waals surface area contributed by atoms with Crippen LogP contribution in [0.3, 0.4) is 0 Å². The summed E-state index contributed by atoms with van der Waals surface area (Å²) in [7, 11) is 0. The van der Waals surface area contributed by atoms with E-state index in [9.17, 15) is 4.79 Å². The van der Waals surface area contributed by atoms with Crippen molar-refractivity contribution in [1.29, 1.82) is 0 Å². The molecular formula is C18H31Cl2N5O. The van der Waals surface area contributed by atoms with E-state index in [-0.39, 0.29) is 30.7 Å². The summed E-state index contributed by atoms with van der Waals surface area (Å²) in [6.07, 6.45) is 6.79. The molecule has 6 nitrogen and oxygen atoms in total. The van der Waals surface area contributed by atoms with Crippen LogP contribution in [-0.4, -0.2) is 68.1 Å². The summed E-state index contributed by atoms with van der Waals surface area (Å²) < 4.78 is 0. The van der Waals surface area contributed by atoms with Gasteiger partial charge in [0.05, 0.1) is 5.56 Å². The molecule has 3 rings (SSSR count). The summed E-state index contributed by atoms with van der Waals surface area (Å²) in [5, 5.41) is 6.34. The maximum atomic E-state index is 12.2. The minimum atomic E-state index is -0.0277. The highest BCUT2D eigenvalue weighted by Crippen LogP contribution is 2.17. The molecule has 8 heteroatoms. The number of hydrogen-bond donors (Lipinski definition) is 2. The highest BCUT2D eigenvalue weighted by atomic mass is 35.5. The zero-order chi connectivity index (χ0) is 16.6. The third-order valence-electron chi connectivity index (χ3n) is 4.86. The SMILES string of the molecule is Cl.Cl.O=C(NCCN1CCNCC1)c1ccc(N2CCCCCC2)nc1. The first-order valence-corrected chi connectivity index (χ1v) is 9.25. The van der Waals surface area contributed by atoms with Crippen LogP contribution < -0.4 is 15.5 Å². The summed E-state index contributed by atoms with van der Waals surface area (Å²) in [5.41, 5.74) is 0.647. The van der Waals surface area contributed by atoms with E-state index in [0.29, 0.717) is 12.1 Å². The van der Waals surface area contributed by atoms with Gasteiger partial charge in [0, 0.05) is 58.6 Å². The van der Waals surface area contributed by atoms with Crippen molar-refractivity contribution >= 4 is 36.5 Å². The molecule has 0 bridgehead atoms. The minimum absolute atomic E-state index is 0. The molecule has 2 saturated heterocycles. The van der Waals surface area contributed by atoms with Crippen LogP contribution in [0.2, 0.25) is 0 Å². The van der Waals surface area contributed by atoms with Crippen molar-refractivity contribution in [1.82, 2.24) is 20.5 Å². The number of rotatable bonds is 5. The van der Waals surface area contributed by atoms with Gasteiger partial charge >= 0.3 is 0 Å². The third kappa shape index (κ3) is 6.91. The lowest BCUT2D eigenvalue weighted by atomic mass is 10.2. The van der Waals surface area contributed by atoms with Crippen molar-refractivity contribution in [3.05, 3.63) is 23.9 Å². The fourth-order valence-electron chi connectivity index (χ4n) is 3.37. The maximum absolute atomic E-state index is 12.2. The van der Waals surface area contributed by atoms with Crippen LogP contribution in [0.5, 0.6) is 0 Å². The smallest absolute Gasteiger partial charge is 0.252 e. The molecule has 0 aliphatic carbocycles. The van der Waals surface area contributed by atoms with E-state index in [0.717, 1.165) is 51.6 Å². The third-order valence-corrected chi connectivity index (χ3v) is 4.86. The molecule has 1 aromatic rings. The molecule has 2 fully saturated rings. The Morgan fingerprint density at radius 3 is 2.35 bits per heavy atom. The van der Waals surface area contributed by atoms with Crippen molar-refractivity contribution in [2.45, 2.75) is 25.7 Å². The number of piperazine rings is 1. The second-order valence-electron chi connectivity index (χ2n) is 6.65. The van der Waals surface area contributed by atoms with Gasteiger partial charge in [-0.1, -0.05) is 12.8 Å². The van der Waals surface area contributed by atoms with Gasteiger partial charge in [-0.05, 0) is 25.0 Å². The molecule has 2 N–H and O–H groups in total. The Morgan fingerprint density at radius 1 is 1.04 bits per heavy atom. The summed E-state index contributed by atoms with van der Waals surface area (Å²) in [6.45, 7) is 7.93. The molecule has 0 radical (unpaired) electrons. The lowest BCUT2D eigenvalue weighted by Crippen LogP contribution is -2.46. The number of nitrogens with one attached hydrogen (secondary N) is 2. The van der Waals surface area contributed by atoms with Gasteiger partial charge in [-0.15, -0.1) is 24.8 Å². The number of aromatic nitrogens is 1. The fraction of sp³-hybridized carbons (Fsp3) is 0.667. The van der Waals surface area contributed by atoms with Crippen LogP contribution in [0.15, 0.2) is 18.3 Å². The molecule has 0 atom stereocenters. The quantitative estimate of drug-likeness (QED) is 0.786. The average Bonchev–Trinajstić information content (AvgIpc) is 2.92. The van der Waals surface area contributed by atoms with Crippen LogP contribution in [-0.2, 0) is 0 Å². The number of carbonyl (C=O) groups excluding carboxylic acids is 1. The Kier molecular flexibility index (Phi) is 10.9. The molecule has 148 valence electrons. The number of hydrogen-bond acceptors (Lipinski definition) is 5. The first kappa shape index (κ1) is 23.0. The zero-order valence-corrected chi connectivity index (χ0v) is 16.9. The molecule has 1 aromatic heterocycles. The lowest BCUT2D eigenvalue weighted by Gasteiger charge is -2.27. The topological polar surface area (TPSA) is 60.5 Å². The molecule has 3 heterocycles. The van der Waals surface area contributed by atoms with Crippen LogP contribution in [0.1, 0.15) is 36.0 Å². The van der Waals surface area contributed by atoms with E-state index in [1.807, 2.05) is 12.1 Å². The molecule has 0 unspecified atom stereocenters. The highest BCUT2D eigenvalue weighted by Gasteiger charge is 2.13. The largest absolute Gasteiger partial charge is 0.357 e. The fourth-order valence-corrected chi connectivity index (χ4v) is 3.37. The Bertz CT molecular complexity index is 515. The number of carbonyl (C=O) groups is 1. The van der Waals surface area contributed by atoms with Gasteiger partial charge in [-0.25, -0.2) is 4.98 Å². The zero-order valence-electron chi connectivity index (χ0n) is 15.3. The predicted molar refractivity (Wildman–Crippen MR) is 111 cm³/mol. The number of halogens is 2. The molecule has 0 saturated carbocycles. The Morgan fingerprint density at radius 2 is 1.73 bits per heavy atom. The second kappa shape index (κ2) is 12.3. The molecule has 2 aliphatic heterocycles. The van der Waals surface area contributed by atoms with E-state index < -0.39 is 0 Å². The summed E-state index contributed by atoms with van der Waals surface area (Å²) in [6, 6.07) is 3.88. The molecule has 26 heavy (non-hydrogen) atoms. The van der Waals surface area contributed by atoms with Crippen molar-refractivity contribution in [2.75, 3.05) is 57.3 Å². The van der Waals surface area contributed by atoms with Crippen LogP contribution >= 0.6 is 24.8 Å². The average molecular weight is 404 g/mol. The number of amides is 1. The van der Waals surface area contributed by atoms with E-state index in [2.05, 4.69) is 25.4 Å². The van der Waals surface area contributed by atoms with Gasteiger partial charge in [-0.3, -0.25) is 9.69 Å². The first-order chi connectivity index (χ1) is 11.8. The normalized spacial score (nSPS) is 18.2. The molecule has 0 spiro atoms. The van der Waals surface area contributed by atoms with Crippen molar-refractivity contribution < 1.29 is 4.79 Å². The first-order valence-electron chi connectivity index (χ1n) is 9.25. The van der Waals surface area contributed by atoms with Crippen molar-refractivity contribution in [3.8, 4) is 0 Å². The van der Waals surface area contributed by atoms with Crippen LogP contribution in [0, 0.1) is 0 Å². The number of pyridine rings is 1. The highest BCUT2D eigenvalue weighted by molar-refractivity contribution is 5.94. The molecule has 0 aromatic carbocycles. The van der Waals surface area contributed by atoms with Crippen LogP contribution in [0.25, 0.3) is 0 Å². The number of anilines is 1. The number of nitrogens with zero attached hydrogens (tertiary/aromatic N) is 3. The van der Waals surface area contributed by atoms with E-state index in [4.69, 9.17) is 0 Å².